The van der Waals surface area contributed by atoms with E-state index in [4.69, 9.17) is 0 Å². The molecule has 120 valence electrons. The lowest BCUT2D eigenvalue weighted by Gasteiger charge is -2.06. The molecular formula is C12H15F2N5O2S. The first-order valence-electron chi connectivity index (χ1n) is 6.26. The number of nitrogens with zero attached hydrogens (tertiary/aromatic N) is 3. The van der Waals surface area contributed by atoms with Crippen molar-refractivity contribution in [3.63, 3.8) is 0 Å². The predicted octanol–water partition coefficient (Wildman–Crippen LogP) is 1.29. The highest BCUT2D eigenvalue weighted by molar-refractivity contribution is 7.89. The van der Waals surface area contributed by atoms with Gasteiger partial charge in [0, 0.05) is 19.7 Å². The molecule has 7 nitrogen and oxygen atoms in total. The third kappa shape index (κ3) is 3.77. The Morgan fingerprint density at radius 3 is 2.41 bits per heavy atom. The Kier molecular flexibility index (Phi) is 4.71. The molecule has 2 N–H and O–H groups in total. The number of benzene rings is 1. The molecule has 0 atom stereocenters. The van der Waals surface area contributed by atoms with E-state index < -0.39 is 16.4 Å². The summed E-state index contributed by atoms with van der Waals surface area (Å²) < 4.78 is 51.3. The fourth-order valence-electron chi connectivity index (χ4n) is 1.60. The third-order valence-corrected chi connectivity index (χ3v) is 4.21. The summed E-state index contributed by atoms with van der Waals surface area (Å²) in [6.45, 7) is -0.0836. The van der Waals surface area contributed by atoms with E-state index in [2.05, 4.69) is 19.9 Å². The number of rotatable bonds is 6. The van der Waals surface area contributed by atoms with Crippen molar-refractivity contribution in [3.8, 4) is 0 Å². The molecule has 0 aliphatic carbocycles. The number of sulfonamides is 1. The third-order valence-electron chi connectivity index (χ3n) is 2.79. The minimum Gasteiger partial charge on any atom is -0.346 e. The molecule has 0 saturated heterocycles. The topological polar surface area (TPSA) is 91.0 Å². The van der Waals surface area contributed by atoms with E-state index in [1.165, 1.54) is 0 Å². The molecule has 1 aromatic heterocycles. The first-order valence-corrected chi connectivity index (χ1v) is 7.74. The van der Waals surface area contributed by atoms with E-state index in [9.17, 15) is 17.2 Å². The van der Waals surface area contributed by atoms with E-state index in [-0.39, 0.29) is 17.0 Å². The van der Waals surface area contributed by atoms with Crippen LogP contribution in [0.5, 0.6) is 0 Å². The van der Waals surface area contributed by atoms with Gasteiger partial charge in [-0.15, -0.1) is 5.10 Å². The summed E-state index contributed by atoms with van der Waals surface area (Å²) in [5.41, 5.74) is -0.232. The monoisotopic (exact) mass is 331 g/mol. The van der Waals surface area contributed by atoms with Crippen LogP contribution in [0, 0.1) is 0 Å². The Balaban J connectivity index is 2.07. The molecule has 0 amide bonds. The van der Waals surface area contributed by atoms with Crippen molar-refractivity contribution in [1.29, 1.82) is 0 Å². The van der Waals surface area contributed by atoms with Crippen molar-refractivity contribution in [2.24, 2.45) is 0 Å². The van der Waals surface area contributed by atoms with E-state index in [0.29, 0.717) is 11.8 Å². The molecule has 0 radical (unpaired) electrons. The zero-order valence-corrected chi connectivity index (χ0v) is 12.7. The largest absolute Gasteiger partial charge is 0.346 e. The van der Waals surface area contributed by atoms with Gasteiger partial charge in [0.1, 0.15) is 5.82 Å². The van der Waals surface area contributed by atoms with Gasteiger partial charge in [-0.25, -0.2) is 21.9 Å². The Bertz CT molecular complexity index is 728. The van der Waals surface area contributed by atoms with E-state index in [1.807, 2.05) is 0 Å². The molecule has 0 saturated carbocycles. The maximum absolute atomic E-state index is 12.4. The molecule has 2 aromatic rings. The lowest BCUT2D eigenvalue weighted by molar-refractivity contribution is 0.151. The maximum atomic E-state index is 12.4. The van der Waals surface area contributed by atoms with Crippen LogP contribution in [0.2, 0.25) is 0 Å². The SMILES string of the molecule is CN(C)c1n[nH]c(CNS(=O)(=O)c2ccc(C(F)F)cc2)n1. The Morgan fingerprint density at radius 1 is 1.27 bits per heavy atom. The molecule has 22 heavy (non-hydrogen) atoms. The normalized spacial score (nSPS) is 11.9. The number of halogens is 2. The zero-order chi connectivity index (χ0) is 16.3. The number of aromatic amines is 1. The molecule has 2 rings (SSSR count). The summed E-state index contributed by atoms with van der Waals surface area (Å²) in [6, 6.07) is 4.43. The number of anilines is 1. The lowest BCUT2D eigenvalue weighted by Crippen LogP contribution is -2.24. The molecular weight excluding hydrogens is 316 g/mol. The molecule has 0 unspecified atom stereocenters. The highest BCUT2D eigenvalue weighted by atomic mass is 32.2. The van der Waals surface area contributed by atoms with Gasteiger partial charge in [-0.1, -0.05) is 12.1 Å². The van der Waals surface area contributed by atoms with Crippen molar-refractivity contribution in [2.75, 3.05) is 19.0 Å². The van der Waals surface area contributed by atoms with Gasteiger partial charge in [-0.3, -0.25) is 5.10 Å². The Morgan fingerprint density at radius 2 is 1.91 bits per heavy atom. The van der Waals surface area contributed by atoms with Gasteiger partial charge in [0.15, 0.2) is 0 Å². The van der Waals surface area contributed by atoms with Crippen LogP contribution in [0.1, 0.15) is 17.8 Å². The molecule has 1 aromatic carbocycles. The maximum Gasteiger partial charge on any atom is 0.263 e. The van der Waals surface area contributed by atoms with Gasteiger partial charge in [-0.05, 0) is 12.1 Å². The van der Waals surface area contributed by atoms with Crippen LogP contribution in [0.4, 0.5) is 14.7 Å². The molecule has 0 aliphatic heterocycles. The number of nitrogens with one attached hydrogen (secondary N) is 2. The summed E-state index contributed by atoms with van der Waals surface area (Å²) in [5, 5.41) is 6.50. The van der Waals surface area contributed by atoms with Crippen LogP contribution in [-0.2, 0) is 16.6 Å². The smallest absolute Gasteiger partial charge is 0.263 e. The van der Waals surface area contributed by atoms with Gasteiger partial charge >= 0.3 is 0 Å². The fraction of sp³-hybridized carbons (Fsp3) is 0.333. The summed E-state index contributed by atoms with van der Waals surface area (Å²) in [5.74, 6) is 0.770. The molecule has 0 fully saturated rings. The minimum atomic E-state index is -3.81. The second-order valence-electron chi connectivity index (χ2n) is 4.67. The molecule has 10 heteroatoms. The summed E-state index contributed by atoms with van der Waals surface area (Å²) in [4.78, 5) is 5.65. The molecule has 0 bridgehead atoms. The van der Waals surface area contributed by atoms with Crippen LogP contribution in [0.3, 0.4) is 0 Å². The van der Waals surface area contributed by atoms with Crippen molar-refractivity contribution in [1.82, 2.24) is 19.9 Å². The second-order valence-corrected chi connectivity index (χ2v) is 6.44. The van der Waals surface area contributed by atoms with Crippen LogP contribution in [0.25, 0.3) is 0 Å². The number of alkyl halides is 2. The van der Waals surface area contributed by atoms with Crippen LogP contribution in [0.15, 0.2) is 29.2 Å². The van der Waals surface area contributed by atoms with Crippen LogP contribution in [-0.4, -0.2) is 37.7 Å². The summed E-state index contributed by atoms with van der Waals surface area (Å²) in [7, 11) is -0.305. The average molecular weight is 331 g/mol. The number of hydrogen-bond acceptors (Lipinski definition) is 5. The quantitative estimate of drug-likeness (QED) is 0.832. The highest BCUT2D eigenvalue weighted by Gasteiger charge is 2.16. The predicted molar refractivity (Wildman–Crippen MR) is 76.1 cm³/mol. The number of hydrogen-bond donors (Lipinski definition) is 2. The highest BCUT2D eigenvalue weighted by Crippen LogP contribution is 2.20. The fourth-order valence-corrected chi connectivity index (χ4v) is 2.59. The van der Waals surface area contributed by atoms with Crippen LogP contribution >= 0.6 is 0 Å². The standard InChI is InChI=1S/C12H15F2N5O2S/c1-19(2)12-16-10(17-18-12)7-15-22(20,21)9-5-3-8(4-6-9)11(13)14/h3-6,11,15H,7H2,1-2H3,(H,16,17,18). The average Bonchev–Trinajstić information content (AvgIpc) is 2.94. The first kappa shape index (κ1) is 16.3. The van der Waals surface area contributed by atoms with Gasteiger partial charge in [-0.2, -0.15) is 4.98 Å². The lowest BCUT2D eigenvalue weighted by atomic mass is 10.2. The van der Waals surface area contributed by atoms with E-state index in [1.54, 1.807) is 19.0 Å². The molecule has 0 spiro atoms. The zero-order valence-electron chi connectivity index (χ0n) is 11.9. The molecule has 1 heterocycles. The summed E-state index contributed by atoms with van der Waals surface area (Å²) in [6.07, 6.45) is -2.64. The van der Waals surface area contributed by atoms with Crippen molar-refractivity contribution in [3.05, 3.63) is 35.7 Å². The minimum absolute atomic E-state index is 0.0836. The number of aromatic nitrogens is 3. The van der Waals surface area contributed by atoms with Gasteiger partial charge < -0.3 is 4.90 Å². The first-order chi connectivity index (χ1) is 10.3. The molecule has 0 aliphatic rings. The van der Waals surface area contributed by atoms with Crippen LogP contribution < -0.4 is 9.62 Å². The Labute approximate surface area is 126 Å². The van der Waals surface area contributed by atoms with Gasteiger partial charge in [0.25, 0.3) is 6.43 Å². The van der Waals surface area contributed by atoms with Crippen molar-refractivity contribution >= 4 is 16.0 Å². The summed E-state index contributed by atoms with van der Waals surface area (Å²) >= 11 is 0. The van der Waals surface area contributed by atoms with Crippen molar-refractivity contribution < 1.29 is 17.2 Å². The van der Waals surface area contributed by atoms with Gasteiger partial charge in [0.2, 0.25) is 16.0 Å². The van der Waals surface area contributed by atoms with E-state index in [0.717, 1.165) is 24.3 Å². The van der Waals surface area contributed by atoms with E-state index >= 15 is 0 Å². The van der Waals surface area contributed by atoms with Crippen molar-refractivity contribution in [2.45, 2.75) is 17.9 Å². The second kappa shape index (κ2) is 6.36. The Hall–Kier alpha value is -2.07. The van der Waals surface area contributed by atoms with Gasteiger partial charge in [0.05, 0.1) is 11.4 Å². The number of H-pyrrole nitrogens is 1.